The van der Waals surface area contributed by atoms with Gasteiger partial charge in [-0.05, 0) is 48.6 Å². The molecule has 1 aromatic heterocycles. The Morgan fingerprint density at radius 1 is 1.53 bits per heavy atom. The molecule has 2 fully saturated rings. The smallest absolute Gasteiger partial charge is 0.120 e. The molecule has 0 bridgehead atoms. The van der Waals surface area contributed by atoms with E-state index in [-0.39, 0.29) is 0 Å². The lowest BCUT2D eigenvalue weighted by molar-refractivity contribution is 0.403. The molecule has 0 radical (unpaired) electrons. The van der Waals surface area contributed by atoms with Gasteiger partial charge in [-0.3, -0.25) is 0 Å². The SMILES string of the molecule is Cn1cc(CNCC2(C3CC3)CC2)cc1C#N. The molecular formula is C14H19N3. The largest absolute Gasteiger partial charge is 0.342 e. The van der Waals surface area contributed by atoms with E-state index in [9.17, 15) is 0 Å². The molecule has 3 rings (SSSR count). The zero-order valence-electron chi connectivity index (χ0n) is 10.4. The Morgan fingerprint density at radius 2 is 2.29 bits per heavy atom. The van der Waals surface area contributed by atoms with Crippen LogP contribution in [0.3, 0.4) is 0 Å². The highest BCUT2D eigenvalue weighted by Crippen LogP contribution is 2.60. The van der Waals surface area contributed by atoms with Crippen molar-refractivity contribution in [3.8, 4) is 6.07 Å². The number of nitriles is 1. The van der Waals surface area contributed by atoms with Gasteiger partial charge in [0.1, 0.15) is 11.8 Å². The maximum atomic E-state index is 8.89. The van der Waals surface area contributed by atoms with Crippen LogP contribution in [0.25, 0.3) is 0 Å². The van der Waals surface area contributed by atoms with Crippen molar-refractivity contribution < 1.29 is 0 Å². The molecule has 1 heterocycles. The normalized spacial score (nSPS) is 21.2. The van der Waals surface area contributed by atoms with Crippen LogP contribution < -0.4 is 5.32 Å². The molecule has 3 nitrogen and oxygen atoms in total. The van der Waals surface area contributed by atoms with Crippen LogP contribution in [0.5, 0.6) is 0 Å². The Labute approximate surface area is 102 Å². The summed E-state index contributed by atoms with van der Waals surface area (Å²) in [5.41, 5.74) is 2.62. The molecule has 0 amide bonds. The summed E-state index contributed by atoms with van der Waals surface area (Å²) >= 11 is 0. The van der Waals surface area contributed by atoms with E-state index in [2.05, 4.69) is 11.4 Å². The van der Waals surface area contributed by atoms with E-state index >= 15 is 0 Å². The zero-order valence-corrected chi connectivity index (χ0v) is 10.4. The minimum absolute atomic E-state index is 0.660. The Kier molecular flexibility index (Phi) is 2.48. The van der Waals surface area contributed by atoms with Crippen LogP contribution in [0, 0.1) is 22.7 Å². The van der Waals surface area contributed by atoms with Gasteiger partial charge in [0.05, 0.1) is 0 Å². The third-order valence-electron chi connectivity index (χ3n) is 4.32. The van der Waals surface area contributed by atoms with E-state index in [0.29, 0.717) is 5.41 Å². The first kappa shape index (κ1) is 10.9. The fourth-order valence-corrected chi connectivity index (χ4v) is 2.88. The highest BCUT2D eigenvalue weighted by molar-refractivity contribution is 5.28. The highest BCUT2D eigenvalue weighted by atomic mass is 14.9. The first-order valence-electron chi connectivity index (χ1n) is 6.50. The number of aromatic nitrogens is 1. The van der Waals surface area contributed by atoms with Gasteiger partial charge in [-0.15, -0.1) is 0 Å². The van der Waals surface area contributed by atoms with Crippen molar-refractivity contribution in [1.29, 1.82) is 5.26 Å². The molecule has 0 saturated heterocycles. The number of rotatable bonds is 5. The van der Waals surface area contributed by atoms with Gasteiger partial charge in [-0.2, -0.15) is 5.26 Å². The Bertz CT molecular complexity index is 458. The second kappa shape index (κ2) is 3.89. The van der Waals surface area contributed by atoms with Crippen LogP contribution in [0.2, 0.25) is 0 Å². The summed E-state index contributed by atoms with van der Waals surface area (Å²) in [7, 11) is 1.93. The van der Waals surface area contributed by atoms with Gasteiger partial charge >= 0.3 is 0 Å². The zero-order chi connectivity index (χ0) is 11.9. The molecule has 1 N–H and O–H groups in total. The van der Waals surface area contributed by atoms with E-state index in [0.717, 1.165) is 24.7 Å². The van der Waals surface area contributed by atoms with Gasteiger partial charge in [-0.1, -0.05) is 0 Å². The first-order chi connectivity index (χ1) is 8.23. The minimum atomic E-state index is 0.660. The maximum absolute atomic E-state index is 8.89. The van der Waals surface area contributed by atoms with Crippen LogP contribution in [0.15, 0.2) is 12.3 Å². The monoisotopic (exact) mass is 229 g/mol. The fourth-order valence-electron chi connectivity index (χ4n) is 2.88. The minimum Gasteiger partial charge on any atom is -0.342 e. The predicted octanol–water partition coefficient (Wildman–Crippen LogP) is 2.18. The number of nitrogens with zero attached hydrogens (tertiary/aromatic N) is 2. The molecule has 2 aliphatic rings. The third-order valence-corrected chi connectivity index (χ3v) is 4.32. The summed E-state index contributed by atoms with van der Waals surface area (Å²) < 4.78 is 1.89. The number of hydrogen-bond donors (Lipinski definition) is 1. The fraction of sp³-hybridized carbons (Fsp3) is 0.643. The van der Waals surface area contributed by atoms with Crippen LogP contribution >= 0.6 is 0 Å². The lowest BCUT2D eigenvalue weighted by atomic mass is 10.0. The quantitative estimate of drug-likeness (QED) is 0.840. The Hall–Kier alpha value is -1.27. The van der Waals surface area contributed by atoms with Gasteiger partial charge in [0.15, 0.2) is 0 Å². The van der Waals surface area contributed by atoms with Crippen molar-refractivity contribution in [1.82, 2.24) is 9.88 Å². The van der Waals surface area contributed by atoms with Crippen molar-refractivity contribution in [2.45, 2.75) is 32.2 Å². The van der Waals surface area contributed by atoms with E-state index in [1.165, 1.54) is 31.2 Å². The number of hydrogen-bond acceptors (Lipinski definition) is 2. The van der Waals surface area contributed by atoms with Crippen molar-refractivity contribution in [2.75, 3.05) is 6.54 Å². The molecular weight excluding hydrogens is 210 g/mol. The van der Waals surface area contributed by atoms with E-state index in [1.54, 1.807) is 0 Å². The molecule has 3 heteroatoms. The van der Waals surface area contributed by atoms with Gasteiger partial charge in [0, 0.05) is 26.3 Å². The molecule has 2 saturated carbocycles. The molecule has 0 atom stereocenters. The number of nitrogens with one attached hydrogen (secondary N) is 1. The van der Waals surface area contributed by atoms with E-state index in [1.807, 2.05) is 23.9 Å². The van der Waals surface area contributed by atoms with Crippen LogP contribution in [0.4, 0.5) is 0 Å². The van der Waals surface area contributed by atoms with E-state index in [4.69, 9.17) is 5.26 Å². The molecule has 2 aliphatic carbocycles. The lowest BCUT2D eigenvalue weighted by Crippen LogP contribution is -2.24. The molecule has 17 heavy (non-hydrogen) atoms. The van der Waals surface area contributed by atoms with Crippen molar-refractivity contribution in [2.24, 2.45) is 18.4 Å². The van der Waals surface area contributed by atoms with Crippen LogP contribution in [-0.2, 0) is 13.6 Å². The molecule has 0 spiro atoms. The molecule has 0 aromatic carbocycles. The summed E-state index contributed by atoms with van der Waals surface area (Å²) in [6.07, 6.45) is 7.78. The lowest BCUT2D eigenvalue weighted by Gasteiger charge is -2.14. The van der Waals surface area contributed by atoms with Gasteiger partial charge in [-0.25, -0.2) is 0 Å². The van der Waals surface area contributed by atoms with Crippen molar-refractivity contribution >= 4 is 0 Å². The molecule has 0 aliphatic heterocycles. The predicted molar refractivity (Wildman–Crippen MR) is 66.2 cm³/mol. The van der Waals surface area contributed by atoms with Crippen LogP contribution in [-0.4, -0.2) is 11.1 Å². The Balaban J connectivity index is 1.52. The van der Waals surface area contributed by atoms with Crippen molar-refractivity contribution in [3.05, 3.63) is 23.5 Å². The van der Waals surface area contributed by atoms with Gasteiger partial charge in [0.2, 0.25) is 0 Å². The summed E-state index contributed by atoms with van der Waals surface area (Å²) in [5, 5.41) is 12.5. The average Bonchev–Trinajstić information content (AvgIpc) is 3.17. The summed E-state index contributed by atoms with van der Waals surface area (Å²) in [4.78, 5) is 0. The third kappa shape index (κ3) is 2.10. The summed E-state index contributed by atoms with van der Waals surface area (Å²) in [5.74, 6) is 1.01. The second-order valence-corrected chi connectivity index (χ2v) is 5.70. The maximum Gasteiger partial charge on any atom is 0.120 e. The van der Waals surface area contributed by atoms with E-state index < -0.39 is 0 Å². The van der Waals surface area contributed by atoms with Crippen molar-refractivity contribution in [3.63, 3.8) is 0 Å². The summed E-state index contributed by atoms with van der Waals surface area (Å²) in [6.45, 7) is 2.05. The molecule has 90 valence electrons. The molecule has 1 aromatic rings. The first-order valence-corrected chi connectivity index (χ1v) is 6.50. The second-order valence-electron chi connectivity index (χ2n) is 5.70. The summed E-state index contributed by atoms with van der Waals surface area (Å²) in [6, 6.07) is 4.17. The van der Waals surface area contributed by atoms with Crippen LogP contribution in [0.1, 0.15) is 36.9 Å². The Morgan fingerprint density at radius 3 is 2.82 bits per heavy atom. The standard InChI is InChI=1S/C14H19N3/c1-17-9-11(6-13(17)7-15)8-16-10-14(4-5-14)12-2-3-12/h6,9,12,16H,2-5,8,10H2,1H3. The molecule has 0 unspecified atom stereocenters. The highest BCUT2D eigenvalue weighted by Gasteiger charge is 2.53. The number of aryl methyl sites for hydroxylation is 1. The average molecular weight is 229 g/mol. The topological polar surface area (TPSA) is 40.8 Å². The van der Waals surface area contributed by atoms with Gasteiger partial charge < -0.3 is 9.88 Å². The van der Waals surface area contributed by atoms with Gasteiger partial charge in [0.25, 0.3) is 0 Å².